The highest BCUT2D eigenvalue weighted by atomic mass is 16.2. The molecule has 2 amide bonds. The molecule has 4 heteroatoms. The van der Waals surface area contributed by atoms with Crippen LogP contribution in [0, 0.1) is 5.92 Å². The zero-order valence-electron chi connectivity index (χ0n) is 11.0. The number of carbonyl (C=O) groups excluding carboxylic acids is 2. The van der Waals surface area contributed by atoms with Crippen LogP contribution in [0.15, 0.2) is 23.4 Å². The van der Waals surface area contributed by atoms with E-state index in [4.69, 9.17) is 0 Å². The second kappa shape index (κ2) is 5.38. The van der Waals surface area contributed by atoms with E-state index in [2.05, 4.69) is 18.3 Å². The fourth-order valence-electron chi connectivity index (χ4n) is 2.50. The number of amides is 2. The number of hydrogen-bond donors (Lipinski definition) is 1. The van der Waals surface area contributed by atoms with E-state index in [0.29, 0.717) is 18.9 Å². The third-order valence-electron chi connectivity index (χ3n) is 3.56. The van der Waals surface area contributed by atoms with Gasteiger partial charge in [-0.25, -0.2) is 0 Å². The van der Waals surface area contributed by atoms with E-state index in [1.165, 1.54) is 0 Å². The van der Waals surface area contributed by atoms with Gasteiger partial charge in [0.1, 0.15) is 0 Å². The summed E-state index contributed by atoms with van der Waals surface area (Å²) in [6.07, 6.45) is 6.56. The fourth-order valence-corrected chi connectivity index (χ4v) is 2.50. The van der Waals surface area contributed by atoms with E-state index in [1.807, 2.05) is 13.0 Å². The summed E-state index contributed by atoms with van der Waals surface area (Å²) in [5.74, 6) is 0.349. The van der Waals surface area contributed by atoms with Crippen LogP contribution in [-0.2, 0) is 9.59 Å². The highest BCUT2D eigenvalue weighted by Gasteiger charge is 2.23. The van der Waals surface area contributed by atoms with Gasteiger partial charge >= 0.3 is 0 Å². The molecule has 1 unspecified atom stereocenters. The quantitative estimate of drug-likeness (QED) is 0.824. The van der Waals surface area contributed by atoms with Gasteiger partial charge in [0, 0.05) is 18.7 Å². The molecule has 1 heterocycles. The van der Waals surface area contributed by atoms with Gasteiger partial charge in [0.2, 0.25) is 11.8 Å². The van der Waals surface area contributed by atoms with Crippen molar-refractivity contribution in [1.29, 1.82) is 0 Å². The van der Waals surface area contributed by atoms with Crippen LogP contribution in [0.3, 0.4) is 0 Å². The number of carbonyl (C=O) groups is 2. The van der Waals surface area contributed by atoms with Crippen LogP contribution in [0.2, 0.25) is 0 Å². The molecule has 2 aliphatic rings. The zero-order valence-corrected chi connectivity index (χ0v) is 11.0. The molecular weight excluding hydrogens is 228 g/mol. The van der Waals surface area contributed by atoms with E-state index in [1.54, 1.807) is 4.90 Å². The molecule has 0 aromatic heterocycles. The Bertz CT molecular complexity index is 424. The molecule has 0 spiro atoms. The zero-order chi connectivity index (χ0) is 13.1. The van der Waals surface area contributed by atoms with Gasteiger partial charge in [0.15, 0.2) is 0 Å². The molecule has 1 N–H and O–H groups in total. The van der Waals surface area contributed by atoms with E-state index in [-0.39, 0.29) is 18.4 Å². The van der Waals surface area contributed by atoms with Crippen LogP contribution < -0.4 is 5.32 Å². The third-order valence-corrected chi connectivity index (χ3v) is 3.56. The molecule has 98 valence electrons. The fraction of sp³-hybridized carbons (Fsp3) is 0.571. The molecule has 0 aromatic rings. The Morgan fingerprint density at radius 3 is 2.94 bits per heavy atom. The molecule has 4 nitrogen and oxygen atoms in total. The Kier molecular flexibility index (Phi) is 3.84. The highest BCUT2D eigenvalue weighted by molar-refractivity contribution is 5.86. The van der Waals surface area contributed by atoms with Gasteiger partial charge in [0.05, 0.1) is 6.54 Å². The molecular formula is C14H20N2O2. The van der Waals surface area contributed by atoms with Crippen molar-refractivity contribution in [2.45, 2.75) is 33.1 Å². The van der Waals surface area contributed by atoms with Crippen LogP contribution in [0.5, 0.6) is 0 Å². The van der Waals surface area contributed by atoms with E-state index >= 15 is 0 Å². The molecule has 0 radical (unpaired) electrons. The van der Waals surface area contributed by atoms with Crippen LogP contribution in [0.25, 0.3) is 0 Å². The SMILES string of the molecule is CC1=C(NC(=O)CN2CCCC2=O)C(C)CC=C1. The lowest BCUT2D eigenvalue weighted by Crippen LogP contribution is -2.39. The first-order valence-electron chi connectivity index (χ1n) is 6.53. The Labute approximate surface area is 108 Å². The summed E-state index contributed by atoms with van der Waals surface area (Å²) in [7, 11) is 0. The largest absolute Gasteiger partial charge is 0.333 e. The standard InChI is InChI=1S/C14H20N2O2/c1-10-5-3-6-11(2)14(10)15-12(17)9-16-8-4-7-13(16)18/h3,5,11H,4,6-9H2,1-2H3,(H,15,17). The van der Waals surface area contributed by atoms with Crippen molar-refractivity contribution in [3.8, 4) is 0 Å². The van der Waals surface area contributed by atoms with Gasteiger partial charge in [-0.15, -0.1) is 0 Å². The minimum absolute atomic E-state index is 0.0817. The van der Waals surface area contributed by atoms with Gasteiger partial charge in [-0.2, -0.15) is 0 Å². The average Bonchev–Trinajstić information content (AvgIpc) is 2.70. The third kappa shape index (κ3) is 2.81. The molecule has 18 heavy (non-hydrogen) atoms. The Balaban J connectivity index is 1.95. The second-order valence-electron chi connectivity index (χ2n) is 5.10. The predicted octanol–water partition coefficient (Wildman–Crippen LogP) is 1.59. The van der Waals surface area contributed by atoms with Crippen LogP contribution in [0.4, 0.5) is 0 Å². The van der Waals surface area contributed by atoms with Crippen molar-refractivity contribution in [3.63, 3.8) is 0 Å². The molecule has 2 rings (SSSR count). The molecule has 1 atom stereocenters. The minimum atomic E-state index is -0.0817. The minimum Gasteiger partial charge on any atom is -0.333 e. The summed E-state index contributed by atoms with van der Waals surface area (Å²) in [6.45, 7) is 5.00. The molecule has 1 fully saturated rings. The topological polar surface area (TPSA) is 49.4 Å². The molecule has 1 saturated heterocycles. The van der Waals surface area contributed by atoms with E-state index in [0.717, 1.165) is 24.1 Å². The summed E-state index contributed by atoms with van der Waals surface area (Å²) < 4.78 is 0. The van der Waals surface area contributed by atoms with Crippen LogP contribution >= 0.6 is 0 Å². The summed E-state index contributed by atoms with van der Waals surface area (Å²) in [4.78, 5) is 25.0. The number of rotatable bonds is 3. The molecule has 0 aromatic carbocycles. The first-order chi connectivity index (χ1) is 8.58. The highest BCUT2D eigenvalue weighted by Crippen LogP contribution is 2.22. The van der Waals surface area contributed by atoms with Crippen molar-refractivity contribution in [1.82, 2.24) is 10.2 Å². The maximum Gasteiger partial charge on any atom is 0.243 e. The number of nitrogens with zero attached hydrogens (tertiary/aromatic N) is 1. The maximum atomic E-state index is 11.9. The van der Waals surface area contributed by atoms with Crippen molar-refractivity contribution in [2.75, 3.05) is 13.1 Å². The lowest BCUT2D eigenvalue weighted by molar-refractivity contribution is -0.132. The lowest BCUT2D eigenvalue weighted by atomic mass is 9.94. The first kappa shape index (κ1) is 12.9. The van der Waals surface area contributed by atoms with Crippen molar-refractivity contribution in [3.05, 3.63) is 23.4 Å². The van der Waals surface area contributed by atoms with Gasteiger partial charge in [0.25, 0.3) is 0 Å². The van der Waals surface area contributed by atoms with Crippen molar-refractivity contribution >= 4 is 11.8 Å². The van der Waals surface area contributed by atoms with Crippen LogP contribution in [-0.4, -0.2) is 29.8 Å². The lowest BCUT2D eigenvalue weighted by Gasteiger charge is -2.23. The number of hydrogen-bond acceptors (Lipinski definition) is 2. The van der Waals surface area contributed by atoms with E-state index < -0.39 is 0 Å². The van der Waals surface area contributed by atoms with Crippen molar-refractivity contribution < 1.29 is 9.59 Å². The predicted molar refractivity (Wildman–Crippen MR) is 69.6 cm³/mol. The normalized spacial score (nSPS) is 23.8. The molecule has 1 aliphatic heterocycles. The average molecular weight is 248 g/mol. The maximum absolute atomic E-state index is 11.9. The summed E-state index contributed by atoms with van der Waals surface area (Å²) in [5.41, 5.74) is 2.10. The van der Waals surface area contributed by atoms with Gasteiger partial charge in [-0.3, -0.25) is 9.59 Å². The number of likely N-dealkylation sites (tertiary alicyclic amines) is 1. The molecule has 0 saturated carbocycles. The summed E-state index contributed by atoms with van der Waals surface area (Å²) in [6, 6.07) is 0. The Morgan fingerprint density at radius 1 is 1.56 bits per heavy atom. The Hall–Kier alpha value is -1.58. The van der Waals surface area contributed by atoms with Gasteiger partial charge < -0.3 is 10.2 Å². The first-order valence-corrected chi connectivity index (χ1v) is 6.53. The monoisotopic (exact) mass is 248 g/mol. The van der Waals surface area contributed by atoms with Gasteiger partial charge in [-0.05, 0) is 31.3 Å². The van der Waals surface area contributed by atoms with Crippen LogP contribution in [0.1, 0.15) is 33.1 Å². The molecule has 1 aliphatic carbocycles. The van der Waals surface area contributed by atoms with Gasteiger partial charge in [-0.1, -0.05) is 19.1 Å². The number of nitrogens with one attached hydrogen (secondary N) is 1. The van der Waals surface area contributed by atoms with E-state index in [9.17, 15) is 9.59 Å². The molecule has 0 bridgehead atoms. The number of allylic oxidation sites excluding steroid dienone is 4. The smallest absolute Gasteiger partial charge is 0.243 e. The Morgan fingerprint density at radius 2 is 2.33 bits per heavy atom. The second-order valence-corrected chi connectivity index (χ2v) is 5.10. The van der Waals surface area contributed by atoms with Crippen molar-refractivity contribution in [2.24, 2.45) is 5.92 Å². The summed E-state index contributed by atoms with van der Waals surface area (Å²) >= 11 is 0. The summed E-state index contributed by atoms with van der Waals surface area (Å²) in [5, 5.41) is 2.96.